The zero-order valence-electron chi connectivity index (χ0n) is 15.0. The van der Waals surface area contributed by atoms with Gasteiger partial charge in [0.15, 0.2) is 5.96 Å². The number of benzene rings is 1. The molecule has 150 valence electrons. The summed E-state index contributed by atoms with van der Waals surface area (Å²) in [4.78, 5) is 4.10. The molecule has 10 heteroatoms. The molecule has 2 aromatic rings. The predicted molar refractivity (Wildman–Crippen MR) is 108 cm³/mol. The molecule has 1 aromatic carbocycles. The molecule has 1 aromatic heterocycles. The van der Waals surface area contributed by atoms with Crippen LogP contribution in [0, 0.1) is 0 Å². The van der Waals surface area contributed by atoms with Crippen LogP contribution in [0.5, 0.6) is 5.75 Å². The maximum Gasteiger partial charge on any atom is 0.416 e. The van der Waals surface area contributed by atoms with Crippen LogP contribution in [0.3, 0.4) is 0 Å². The van der Waals surface area contributed by atoms with Crippen molar-refractivity contribution >= 4 is 29.9 Å². The first-order valence-electron chi connectivity index (χ1n) is 8.19. The van der Waals surface area contributed by atoms with E-state index in [4.69, 9.17) is 4.74 Å². The SMILES string of the molecule is CCC(CNC(=NC)NCc1ccn[nH]1)Oc1cccc(C(F)(F)F)c1.I. The molecular weight excluding hydrogens is 474 g/mol. The van der Waals surface area contributed by atoms with Crippen molar-refractivity contribution in [2.24, 2.45) is 4.99 Å². The van der Waals surface area contributed by atoms with Gasteiger partial charge in [0.25, 0.3) is 0 Å². The van der Waals surface area contributed by atoms with E-state index in [1.807, 2.05) is 13.0 Å². The van der Waals surface area contributed by atoms with Crippen LogP contribution in [0.2, 0.25) is 0 Å². The Balaban J connectivity index is 0.00000364. The first kappa shape index (κ1) is 23.1. The molecule has 0 aliphatic carbocycles. The molecule has 0 radical (unpaired) electrons. The number of H-pyrrole nitrogens is 1. The lowest BCUT2D eigenvalue weighted by atomic mass is 10.2. The van der Waals surface area contributed by atoms with Crippen LogP contribution < -0.4 is 15.4 Å². The Labute approximate surface area is 173 Å². The average molecular weight is 497 g/mol. The third kappa shape index (κ3) is 7.65. The zero-order valence-corrected chi connectivity index (χ0v) is 17.3. The van der Waals surface area contributed by atoms with Crippen molar-refractivity contribution < 1.29 is 17.9 Å². The number of ether oxygens (including phenoxy) is 1. The summed E-state index contributed by atoms with van der Waals surface area (Å²) in [5, 5.41) is 12.9. The lowest BCUT2D eigenvalue weighted by molar-refractivity contribution is -0.137. The van der Waals surface area contributed by atoms with Crippen LogP contribution in [0.25, 0.3) is 0 Å². The zero-order chi connectivity index (χ0) is 19.0. The Morgan fingerprint density at radius 1 is 1.30 bits per heavy atom. The van der Waals surface area contributed by atoms with E-state index in [-0.39, 0.29) is 35.8 Å². The number of nitrogens with zero attached hydrogens (tertiary/aromatic N) is 2. The lowest BCUT2D eigenvalue weighted by Crippen LogP contribution is -2.42. The molecule has 0 saturated heterocycles. The van der Waals surface area contributed by atoms with Gasteiger partial charge in [-0.3, -0.25) is 10.1 Å². The monoisotopic (exact) mass is 497 g/mol. The molecule has 0 fully saturated rings. The second-order valence-electron chi connectivity index (χ2n) is 5.56. The number of aromatic amines is 1. The molecule has 0 bridgehead atoms. The summed E-state index contributed by atoms with van der Waals surface area (Å²) in [6.07, 6.45) is -2.41. The summed E-state index contributed by atoms with van der Waals surface area (Å²) in [5.74, 6) is 0.750. The lowest BCUT2D eigenvalue weighted by Gasteiger charge is -2.20. The minimum absolute atomic E-state index is 0. The van der Waals surface area contributed by atoms with Crippen molar-refractivity contribution in [3.63, 3.8) is 0 Å². The number of nitrogens with one attached hydrogen (secondary N) is 3. The first-order valence-corrected chi connectivity index (χ1v) is 8.19. The quantitative estimate of drug-likeness (QED) is 0.311. The summed E-state index contributed by atoms with van der Waals surface area (Å²) in [6.45, 7) is 2.82. The van der Waals surface area contributed by atoms with Gasteiger partial charge in [-0.2, -0.15) is 18.3 Å². The maximum absolute atomic E-state index is 12.8. The van der Waals surface area contributed by atoms with Gasteiger partial charge in [0.2, 0.25) is 0 Å². The molecule has 3 N–H and O–H groups in total. The third-order valence-corrected chi connectivity index (χ3v) is 3.64. The molecule has 0 amide bonds. The van der Waals surface area contributed by atoms with E-state index in [9.17, 15) is 13.2 Å². The highest BCUT2D eigenvalue weighted by Gasteiger charge is 2.30. The highest BCUT2D eigenvalue weighted by atomic mass is 127. The van der Waals surface area contributed by atoms with Crippen LogP contribution >= 0.6 is 24.0 Å². The minimum atomic E-state index is -4.39. The summed E-state index contributed by atoms with van der Waals surface area (Å²) < 4.78 is 44.1. The number of hydrogen-bond acceptors (Lipinski definition) is 3. The molecule has 1 heterocycles. The molecule has 0 spiro atoms. The van der Waals surface area contributed by atoms with Gasteiger partial charge < -0.3 is 15.4 Å². The van der Waals surface area contributed by atoms with E-state index in [0.29, 0.717) is 25.5 Å². The smallest absolute Gasteiger partial charge is 0.416 e. The van der Waals surface area contributed by atoms with E-state index in [0.717, 1.165) is 17.8 Å². The average Bonchev–Trinajstić information content (AvgIpc) is 3.13. The number of halogens is 4. The molecule has 6 nitrogen and oxygen atoms in total. The van der Waals surface area contributed by atoms with Gasteiger partial charge in [-0.05, 0) is 30.7 Å². The number of aliphatic imine (C=N–C) groups is 1. The molecule has 0 aliphatic heterocycles. The first-order chi connectivity index (χ1) is 12.4. The van der Waals surface area contributed by atoms with Crippen molar-refractivity contribution in [1.29, 1.82) is 0 Å². The van der Waals surface area contributed by atoms with Crippen molar-refractivity contribution in [1.82, 2.24) is 20.8 Å². The second kappa shape index (κ2) is 11.0. The number of alkyl halides is 3. The van der Waals surface area contributed by atoms with Gasteiger partial charge in [-0.25, -0.2) is 0 Å². The fraction of sp³-hybridized carbons (Fsp3) is 0.412. The van der Waals surface area contributed by atoms with Crippen molar-refractivity contribution in [3.8, 4) is 5.75 Å². The Morgan fingerprint density at radius 3 is 2.67 bits per heavy atom. The Morgan fingerprint density at radius 2 is 2.07 bits per heavy atom. The van der Waals surface area contributed by atoms with E-state index in [1.165, 1.54) is 12.1 Å². The molecular formula is C17H23F3IN5O. The Hall–Kier alpha value is -1.98. The van der Waals surface area contributed by atoms with Crippen molar-refractivity contribution in [3.05, 3.63) is 47.8 Å². The summed E-state index contributed by atoms with van der Waals surface area (Å²) in [5.41, 5.74) is 0.176. The third-order valence-electron chi connectivity index (χ3n) is 3.64. The van der Waals surface area contributed by atoms with Crippen LogP contribution in [-0.4, -0.2) is 35.9 Å². The Bertz CT molecular complexity index is 707. The van der Waals surface area contributed by atoms with Gasteiger partial charge in [-0.1, -0.05) is 13.0 Å². The molecule has 0 saturated carbocycles. The number of guanidine groups is 1. The summed E-state index contributed by atoms with van der Waals surface area (Å²) >= 11 is 0. The number of rotatable bonds is 7. The van der Waals surface area contributed by atoms with Gasteiger partial charge in [0.1, 0.15) is 11.9 Å². The molecule has 1 unspecified atom stereocenters. The maximum atomic E-state index is 12.8. The highest BCUT2D eigenvalue weighted by molar-refractivity contribution is 14.0. The largest absolute Gasteiger partial charge is 0.489 e. The van der Waals surface area contributed by atoms with Crippen molar-refractivity contribution in [2.45, 2.75) is 32.2 Å². The second-order valence-corrected chi connectivity index (χ2v) is 5.56. The van der Waals surface area contributed by atoms with Crippen LogP contribution in [0.1, 0.15) is 24.6 Å². The van der Waals surface area contributed by atoms with Crippen LogP contribution in [-0.2, 0) is 12.7 Å². The number of hydrogen-bond donors (Lipinski definition) is 3. The highest BCUT2D eigenvalue weighted by Crippen LogP contribution is 2.31. The van der Waals surface area contributed by atoms with Gasteiger partial charge in [-0.15, -0.1) is 24.0 Å². The van der Waals surface area contributed by atoms with Crippen LogP contribution in [0.15, 0.2) is 41.5 Å². The van der Waals surface area contributed by atoms with Crippen LogP contribution in [0.4, 0.5) is 13.2 Å². The molecule has 0 aliphatic rings. The minimum Gasteiger partial charge on any atom is -0.489 e. The summed E-state index contributed by atoms with van der Waals surface area (Å²) in [7, 11) is 1.64. The number of aromatic nitrogens is 2. The Kier molecular flexibility index (Phi) is 9.39. The fourth-order valence-electron chi connectivity index (χ4n) is 2.20. The topological polar surface area (TPSA) is 74.3 Å². The van der Waals surface area contributed by atoms with Gasteiger partial charge in [0, 0.05) is 13.2 Å². The predicted octanol–water partition coefficient (Wildman–Crippen LogP) is 3.57. The van der Waals surface area contributed by atoms with E-state index in [1.54, 1.807) is 13.2 Å². The normalized spacial score (nSPS) is 12.9. The molecule has 27 heavy (non-hydrogen) atoms. The fourth-order valence-corrected chi connectivity index (χ4v) is 2.20. The molecule has 1 atom stereocenters. The summed E-state index contributed by atoms with van der Waals surface area (Å²) in [6, 6.07) is 6.72. The van der Waals surface area contributed by atoms with E-state index >= 15 is 0 Å². The van der Waals surface area contributed by atoms with Gasteiger partial charge >= 0.3 is 6.18 Å². The van der Waals surface area contributed by atoms with E-state index in [2.05, 4.69) is 25.8 Å². The molecule has 2 rings (SSSR count). The van der Waals surface area contributed by atoms with Crippen molar-refractivity contribution in [2.75, 3.05) is 13.6 Å². The standard InChI is InChI=1S/C17H22F3N5O.HI/c1-3-14(26-15-6-4-5-12(9-15)17(18,19)20)11-23-16(21-2)22-10-13-7-8-24-25-13;/h4-9,14H,3,10-11H2,1-2H3,(H,24,25)(H2,21,22,23);1H. The van der Waals surface area contributed by atoms with Gasteiger partial charge in [0.05, 0.1) is 24.3 Å². The van der Waals surface area contributed by atoms with E-state index < -0.39 is 11.7 Å².